The van der Waals surface area contributed by atoms with Crippen LogP contribution in [0.3, 0.4) is 0 Å². The van der Waals surface area contributed by atoms with E-state index >= 15 is 0 Å². The van der Waals surface area contributed by atoms with Crippen molar-refractivity contribution >= 4 is 23.3 Å². The van der Waals surface area contributed by atoms with Gasteiger partial charge in [0.05, 0.1) is 10.7 Å². The van der Waals surface area contributed by atoms with E-state index in [1.54, 1.807) is 6.92 Å². The van der Waals surface area contributed by atoms with Crippen molar-refractivity contribution in [3.05, 3.63) is 28.2 Å². The zero-order valence-corrected chi connectivity index (χ0v) is 12.3. The number of hydrogen-bond acceptors (Lipinski definition) is 4. The number of halogens is 3. The van der Waals surface area contributed by atoms with Crippen LogP contribution in [0.5, 0.6) is 0 Å². The Kier molecular flexibility index (Phi) is 4.26. The van der Waals surface area contributed by atoms with Gasteiger partial charge in [-0.05, 0) is 20.8 Å². The molecule has 0 fully saturated rings. The number of aryl methyl sites for hydroxylation is 1. The summed E-state index contributed by atoms with van der Waals surface area (Å²) in [5, 5.41) is 9.70. The summed E-state index contributed by atoms with van der Waals surface area (Å²) in [6.45, 7) is 4.72. The molecule has 6 nitrogen and oxygen atoms in total. The Morgan fingerprint density at radius 2 is 2.14 bits per heavy atom. The minimum Gasteiger partial charge on any atom is -0.360 e. The van der Waals surface area contributed by atoms with E-state index in [9.17, 15) is 13.6 Å². The summed E-state index contributed by atoms with van der Waals surface area (Å²) in [5.74, 6) is 0.317. The van der Waals surface area contributed by atoms with Crippen LogP contribution in [0.2, 0.25) is 5.02 Å². The summed E-state index contributed by atoms with van der Waals surface area (Å²) in [5.41, 5.74) is -0.239. The molecule has 1 N–H and O–H groups in total. The molecule has 1 amide bonds. The number of nitrogens with zero attached hydrogens (tertiary/aromatic N) is 3. The first kappa shape index (κ1) is 15.4. The minimum atomic E-state index is -2.80. The van der Waals surface area contributed by atoms with Gasteiger partial charge in [-0.3, -0.25) is 9.48 Å². The van der Waals surface area contributed by atoms with Crippen LogP contribution < -0.4 is 5.32 Å². The number of alkyl halides is 2. The number of carbonyl (C=O) groups excluding carboxylic acids is 1. The first-order chi connectivity index (χ1) is 9.81. The van der Waals surface area contributed by atoms with Gasteiger partial charge >= 0.3 is 0 Å². The van der Waals surface area contributed by atoms with Gasteiger partial charge in [-0.2, -0.15) is 5.10 Å². The van der Waals surface area contributed by atoms with Crippen LogP contribution in [-0.2, 0) is 4.79 Å². The molecule has 2 aromatic rings. The Morgan fingerprint density at radius 3 is 2.62 bits per heavy atom. The standard InChI is InChI=1S/C12H13ClF2N4O2/c1-5-4-8(18-21-5)16-12(20)7(3)19-6(2)9(13)10(17-19)11(14)15/h4,7,11H,1-3H3,(H,16,18,20)/t7-/m1/s1. The van der Waals surface area contributed by atoms with Gasteiger partial charge in [-0.1, -0.05) is 16.8 Å². The summed E-state index contributed by atoms with van der Waals surface area (Å²) < 4.78 is 31.5. The Hall–Kier alpha value is -1.96. The largest absolute Gasteiger partial charge is 0.360 e. The Morgan fingerprint density at radius 1 is 1.48 bits per heavy atom. The normalized spacial score (nSPS) is 12.7. The van der Waals surface area contributed by atoms with E-state index in [2.05, 4.69) is 15.6 Å². The molecule has 0 radical (unpaired) electrons. The van der Waals surface area contributed by atoms with E-state index in [4.69, 9.17) is 16.1 Å². The van der Waals surface area contributed by atoms with E-state index in [0.717, 1.165) is 4.68 Å². The van der Waals surface area contributed by atoms with E-state index in [1.165, 1.54) is 19.9 Å². The lowest BCUT2D eigenvalue weighted by atomic mass is 10.3. The lowest BCUT2D eigenvalue weighted by Crippen LogP contribution is -2.25. The summed E-state index contributed by atoms with van der Waals surface area (Å²) >= 11 is 5.80. The van der Waals surface area contributed by atoms with Gasteiger partial charge in [-0.15, -0.1) is 0 Å². The van der Waals surface area contributed by atoms with Crippen LogP contribution in [0.15, 0.2) is 10.6 Å². The zero-order chi connectivity index (χ0) is 15.7. The van der Waals surface area contributed by atoms with Crippen LogP contribution in [0.4, 0.5) is 14.6 Å². The molecule has 0 saturated heterocycles. The molecule has 21 heavy (non-hydrogen) atoms. The molecule has 2 rings (SSSR count). The Balaban J connectivity index is 2.21. The van der Waals surface area contributed by atoms with Gasteiger partial charge in [0, 0.05) is 6.07 Å². The van der Waals surface area contributed by atoms with E-state index in [0.29, 0.717) is 11.5 Å². The number of aromatic nitrogens is 3. The van der Waals surface area contributed by atoms with Crippen LogP contribution in [-0.4, -0.2) is 20.8 Å². The van der Waals surface area contributed by atoms with Crippen LogP contribution in [0, 0.1) is 13.8 Å². The maximum Gasteiger partial charge on any atom is 0.283 e. The molecule has 9 heteroatoms. The smallest absolute Gasteiger partial charge is 0.283 e. The number of amides is 1. The number of hydrogen-bond donors (Lipinski definition) is 1. The predicted octanol–water partition coefficient (Wildman–Crippen LogP) is 3.28. The van der Waals surface area contributed by atoms with Crippen LogP contribution in [0.25, 0.3) is 0 Å². The summed E-state index contributed by atoms with van der Waals surface area (Å²) in [7, 11) is 0. The third kappa shape index (κ3) is 3.05. The highest BCUT2D eigenvalue weighted by atomic mass is 35.5. The van der Waals surface area contributed by atoms with Crippen molar-refractivity contribution in [2.24, 2.45) is 0 Å². The Labute approximate surface area is 124 Å². The van der Waals surface area contributed by atoms with E-state index in [1.807, 2.05) is 0 Å². The molecule has 0 saturated carbocycles. The van der Waals surface area contributed by atoms with Gasteiger partial charge < -0.3 is 9.84 Å². The van der Waals surface area contributed by atoms with Crippen LogP contribution >= 0.6 is 11.6 Å². The van der Waals surface area contributed by atoms with Crippen molar-refractivity contribution in [2.75, 3.05) is 5.32 Å². The van der Waals surface area contributed by atoms with Crippen molar-refractivity contribution in [1.82, 2.24) is 14.9 Å². The lowest BCUT2D eigenvalue weighted by molar-refractivity contribution is -0.119. The van der Waals surface area contributed by atoms with Crippen molar-refractivity contribution < 1.29 is 18.1 Å². The van der Waals surface area contributed by atoms with Gasteiger partial charge in [-0.25, -0.2) is 8.78 Å². The SMILES string of the molecule is Cc1cc(NC(=O)[C@@H](C)n2nc(C(F)F)c(Cl)c2C)no1. The molecular formula is C12H13ClF2N4O2. The average Bonchev–Trinajstić information content (AvgIpc) is 2.94. The third-order valence-electron chi connectivity index (χ3n) is 2.93. The maximum atomic E-state index is 12.8. The number of rotatable bonds is 4. The Bertz CT molecular complexity index is 668. The van der Waals surface area contributed by atoms with E-state index < -0.39 is 24.1 Å². The minimum absolute atomic E-state index is 0.137. The fourth-order valence-corrected chi connectivity index (χ4v) is 2.01. The highest BCUT2D eigenvalue weighted by Crippen LogP contribution is 2.30. The first-order valence-electron chi connectivity index (χ1n) is 6.08. The molecule has 0 unspecified atom stereocenters. The third-order valence-corrected chi connectivity index (χ3v) is 3.40. The summed E-state index contributed by atoms with van der Waals surface area (Å²) in [6.07, 6.45) is -2.80. The quantitative estimate of drug-likeness (QED) is 0.939. The second-order valence-electron chi connectivity index (χ2n) is 4.52. The fraction of sp³-hybridized carbons (Fsp3) is 0.417. The zero-order valence-electron chi connectivity index (χ0n) is 11.5. The number of carbonyl (C=O) groups is 1. The molecule has 0 aliphatic carbocycles. The van der Waals surface area contributed by atoms with E-state index in [-0.39, 0.29) is 10.8 Å². The maximum absolute atomic E-state index is 12.8. The summed E-state index contributed by atoms with van der Waals surface area (Å²) in [6, 6.07) is 0.713. The topological polar surface area (TPSA) is 73.0 Å². The molecule has 2 aromatic heterocycles. The molecule has 2 heterocycles. The first-order valence-corrected chi connectivity index (χ1v) is 6.46. The molecule has 0 bridgehead atoms. The highest BCUT2D eigenvalue weighted by Gasteiger charge is 2.26. The van der Waals surface area contributed by atoms with Gasteiger partial charge in [0.1, 0.15) is 17.5 Å². The molecule has 0 aliphatic heterocycles. The van der Waals surface area contributed by atoms with Gasteiger partial charge in [0.25, 0.3) is 6.43 Å². The molecule has 0 aromatic carbocycles. The van der Waals surface area contributed by atoms with Crippen molar-refractivity contribution in [3.63, 3.8) is 0 Å². The molecule has 0 aliphatic rings. The monoisotopic (exact) mass is 318 g/mol. The second kappa shape index (κ2) is 5.80. The lowest BCUT2D eigenvalue weighted by Gasteiger charge is -2.13. The number of anilines is 1. The van der Waals surface area contributed by atoms with Crippen molar-refractivity contribution in [2.45, 2.75) is 33.2 Å². The predicted molar refractivity (Wildman–Crippen MR) is 71.5 cm³/mol. The highest BCUT2D eigenvalue weighted by molar-refractivity contribution is 6.31. The molecular weight excluding hydrogens is 306 g/mol. The van der Waals surface area contributed by atoms with Gasteiger partial charge in [0.15, 0.2) is 5.82 Å². The molecule has 0 spiro atoms. The second-order valence-corrected chi connectivity index (χ2v) is 4.90. The van der Waals surface area contributed by atoms with Gasteiger partial charge in [0.2, 0.25) is 5.91 Å². The van der Waals surface area contributed by atoms with Crippen LogP contribution in [0.1, 0.15) is 36.5 Å². The number of nitrogens with one attached hydrogen (secondary N) is 1. The summed E-state index contributed by atoms with van der Waals surface area (Å²) in [4.78, 5) is 12.1. The molecule has 1 atom stereocenters. The van der Waals surface area contributed by atoms with Crippen molar-refractivity contribution in [3.8, 4) is 0 Å². The average molecular weight is 319 g/mol. The fourth-order valence-electron chi connectivity index (χ4n) is 1.80. The molecule has 114 valence electrons. The van der Waals surface area contributed by atoms with Crippen molar-refractivity contribution in [1.29, 1.82) is 0 Å².